The Labute approximate surface area is 103 Å². The lowest BCUT2D eigenvalue weighted by Gasteiger charge is -2.27. The molecule has 0 bridgehead atoms. The van der Waals surface area contributed by atoms with E-state index in [1.54, 1.807) is 0 Å². The van der Waals surface area contributed by atoms with E-state index in [-0.39, 0.29) is 5.82 Å². The van der Waals surface area contributed by atoms with Gasteiger partial charge in [-0.1, -0.05) is 12.1 Å². The molecule has 2 rings (SSSR count). The number of piperazine rings is 1. The molecule has 0 radical (unpaired) electrons. The van der Waals surface area contributed by atoms with Crippen LogP contribution in [0.2, 0.25) is 0 Å². The summed E-state index contributed by atoms with van der Waals surface area (Å²) < 4.78 is 13.7. The average Bonchev–Trinajstić information content (AvgIpc) is 2.36. The van der Waals surface area contributed by atoms with Crippen LogP contribution in [0.4, 0.5) is 4.39 Å². The Morgan fingerprint density at radius 1 is 1.24 bits per heavy atom. The highest BCUT2D eigenvalue weighted by Crippen LogP contribution is 2.17. The number of aryl methyl sites for hydroxylation is 1. The number of rotatable bonds is 3. The summed E-state index contributed by atoms with van der Waals surface area (Å²) in [4.78, 5) is 2.44. The van der Waals surface area contributed by atoms with Crippen molar-refractivity contribution >= 4 is 0 Å². The van der Waals surface area contributed by atoms with Gasteiger partial charge in [0.1, 0.15) is 5.82 Å². The van der Waals surface area contributed by atoms with Crippen LogP contribution < -0.4 is 5.32 Å². The molecule has 1 aliphatic heterocycles. The number of halogens is 1. The first kappa shape index (κ1) is 12.5. The SMILES string of the molecule is Cc1ccc(CCN2CCNCC2)c(C)c1F. The predicted molar refractivity (Wildman–Crippen MR) is 68.9 cm³/mol. The maximum absolute atomic E-state index is 13.7. The van der Waals surface area contributed by atoms with E-state index in [4.69, 9.17) is 0 Å². The van der Waals surface area contributed by atoms with Crippen molar-refractivity contribution in [2.24, 2.45) is 0 Å². The van der Waals surface area contributed by atoms with E-state index in [1.165, 1.54) is 0 Å². The lowest BCUT2D eigenvalue weighted by atomic mass is 10.0. The molecule has 1 aromatic carbocycles. The van der Waals surface area contributed by atoms with Crippen LogP contribution in [-0.4, -0.2) is 37.6 Å². The molecule has 0 unspecified atom stereocenters. The third-order valence-electron chi connectivity index (χ3n) is 3.60. The van der Waals surface area contributed by atoms with Gasteiger partial charge in [0, 0.05) is 32.7 Å². The van der Waals surface area contributed by atoms with Crippen LogP contribution in [0.1, 0.15) is 16.7 Å². The van der Waals surface area contributed by atoms with Gasteiger partial charge in [-0.05, 0) is 37.0 Å². The number of hydrogen-bond acceptors (Lipinski definition) is 2. The van der Waals surface area contributed by atoms with E-state index in [0.29, 0.717) is 0 Å². The summed E-state index contributed by atoms with van der Waals surface area (Å²) >= 11 is 0. The Hall–Kier alpha value is -0.930. The quantitative estimate of drug-likeness (QED) is 0.862. The Morgan fingerprint density at radius 2 is 1.94 bits per heavy atom. The first-order valence-electron chi connectivity index (χ1n) is 6.36. The molecule has 3 heteroatoms. The van der Waals surface area contributed by atoms with Crippen LogP contribution >= 0.6 is 0 Å². The minimum atomic E-state index is -0.0391. The summed E-state index contributed by atoms with van der Waals surface area (Å²) in [6.45, 7) is 9.09. The molecule has 0 saturated carbocycles. The fourth-order valence-corrected chi connectivity index (χ4v) is 2.34. The van der Waals surface area contributed by atoms with Crippen molar-refractivity contribution in [1.29, 1.82) is 0 Å². The van der Waals surface area contributed by atoms with Gasteiger partial charge < -0.3 is 10.2 Å². The molecule has 1 aliphatic rings. The van der Waals surface area contributed by atoms with E-state index in [1.807, 2.05) is 19.9 Å². The van der Waals surface area contributed by atoms with Gasteiger partial charge >= 0.3 is 0 Å². The summed E-state index contributed by atoms with van der Waals surface area (Å²) in [5.74, 6) is -0.0391. The lowest BCUT2D eigenvalue weighted by molar-refractivity contribution is 0.243. The molecular formula is C14H21FN2. The van der Waals surface area contributed by atoms with Crippen molar-refractivity contribution in [3.63, 3.8) is 0 Å². The zero-order valence-corrected chi connectivity index (χ0v) is 10.7. The van der Waals surface area contributed by atoms with Crippen LogP contribution in [0.15, 0.2) is 12.1 Å². The van der Waals surface area contributed by atoms with Gasteiger partial charge in [0.2, 0.25) is 0 Å². The zero-order valence-electron chi connectivity index (χ0n) is 10.7. The Morgan fingerprint density at radius 3 is 2.65 bits per heavy atom. The monoisotopic (exact) mass is 236 g/mol. The molecule has 94 valence electrons. The predicted octanol–water partition coefficient (Wildman–Crippen LogP) is 1.89. The van der Waals surface area contributed by atoms with Crippen LogP contribution in [0.25, 0.3) is 0 Å². The highest BCUT2D eigenvalue weighted by Gasteiger charge is 2.11. The van der Waals surface area contributed by atoms with Gasteiger partial charge in [0.15, 0.2) is 0 Å². The maximum atomic E-state index is 13.7. The van der Waals surface area contributed by atoms with Crippen molar-refractivity contribution < 1.29 is 4.39 Å². The van der Waals surface area contributed by atoms with E-state index in [2.05, 4.69) is 16.3 Å². The third-order valence-corrected chi connectivity index (χ3v) is 3.60. The normalized spacial score (nSPS) is 17.4. The van der Waals surface area contributed by atoms with Gasteiger partial charge in [-0.3, -0.25) is 0 Å². The fraction of sp³-hybridized carbons (Fsp3) is 0.571. The highest BCUT2D eigenvalue weighted by atomic mass is 19.1. The zero-order chi connectivity index (χ0) is 12.3. The van der Waals surface area contributed by atoms with Crippen molar-refractivity contribution in [2.75, 3.05) is 32.7 Å². The topological polar surface area (TPSA) is 15.3 Å². The molecule has 0 aliphatic carbocycles. The molecule has 2 nitrogen and oxygen atoms in total. The lowest BCUT2D eigenvalue weighted by Crippen LogP contribution is -2.44. The highest BCUT2D eigenvalue weighted by molar-refractivity contribution is 5.32. The van der Waals surface area contributed by atoms with E-state index < -0.39 is 0 Å². The molecule has 1 N–H and O–H groups in total. The van der Waals surface area contributed by atoms with Gasteiger partial charge in [0.05, 0.1) is 0 Å². The molecule has 1 aromatic rings. The molecule has 1 heterocycles. The second-order valence-electron chi connectivity index (χ2n) is 4.82. The van der Waals surface area contributed by atoms with Crippen molar-refractivity contribution in [1.82, 2.24) is 10.2 Å². The molecule has 0 atom stereocenters. The summed E-state index contributed by atoms with van der Waals surface area (Å²) in [6.07, 6.45) is 0.947. The smallest absolute Gasteiger partial charge is 0.129 e. The van der Waals surface area contributed by atoms with Crippen molar-refractivity contribution in [2.45, 2.75) is 20.3 Å². The Balaban J connectivity index is 1.96. The summed E-state index contributed by atoms with van der Waals surface area (Å²) in [6, 6.07) is 3.95. The van der Waals surface area contributed by atoms with Crippen LogP contribution in [0, 0.1) is 19.7 Å². The summed E-state index contributed by atoms with van der Waals surface area (Å²) in [5, 5.41) is 3.34. The van der Waals surface area contributed by atoms with Gasteiger partial charge in [-0.15, -0.1) is 0 Å². The van der Waals surface area contributed by atoms with E-state index >= 15 is 0 Å². The van der Waals surface area contributed by atoms with Gasteiger partial charge in [-0.25, -0.2) is 4.39 Å². The van der Waals surface area contributed by atoms with Crippen LogP contribution in [0.3, 0.4) is 0 Å². The minimum absolute atomic E-state index is 0.0391. The molecule has 0 spiro atoms. The molecule has 1 fully saturated rings. The molecule has 1 saturated heterocycles. The Kier molecular flexibility index (Phi) is 4.13. The second kappa shape index (κ2) is 5.61. The molecule has 0 aromatic heterocycles. The van der Waals surface area contributed by atoms with Crippen molar-refractivity contribution in [3.05, 3.63) is 34.6 Å². The van der Waals surface area contributed by atoms with Gasteiger partial charge in [0.25, 0.3) is 0 Å². The first-order valence-corrected chi connectivity index (χ1v) is 6.36. The van der Waals surface area contributed by atoms with Crippen LogP contribution in [0.5, 0.6) is 0 Å². The van der Waals surface area contributed by atoms with Crippen molar-refractivity contribution in [3.8, 4) is 0 Å². The van der Waals surface area contributed by atoms with E-state index in [0.717, 1.165) is 55.8 Å². The number of nitrogens with zero attached hydrogens (tertiary/aromatic N) is 1. The maximum Gasteiger partial charge on any atom is 0.129 e. The standard InChI is InChI=1S/C14H21FN2/c1-11-3-4-13(12(2)14(11)15)5-8-17-9-6-16-7-10-17/h3-4,16H,5-10H2,1-2H3. The minimum Gasteiger partial charge on any atom is -0.314 e. The molecule has 0 amide bonds. The summed E-state index contributed by atoms with van der Waals surface area (Å²) in [5.41, 5.74) is 2.71. The largest absolute Gasteiger partial charge is 0.314 e. The number of nitrogens with one attached hydrogen (secondary N) is 1. The summed E-state index contributed by atoms with van der Waals surface area (Å²) in [7, 11) is 0. The molecule has 17 heavy (non-hydrogen) atoms. The number of hydrogen-bond donors (Lipinski definition) is 1. The second-order valence-corrected chi connectivity index (χ2v) is 4.82. The molecular weight excluding hydrogens is 215 g/mol. The average molecular weight is 236 g/mol. The van der Waals surface area contributed by atoms with Crippen LogP contribution in [-0.2, 0) is 6.42 Å². The third kappa shape index (κ3) is 3.05. The fourth-order valence-electron chi connectivity index (χ4n) is 2.34. The number of benzene rings is 1. The van der Waals surface area contributed by atoms with E-state index in [9.17, 15) is 4.39 Å². The van der Waals surface area contributed by atoms with Gasteiger partial charge in [-0.2, -0.15) is 0 Å². The Bertz CT molecular complexity index is 384. The first-order chi connectivity index (χ1) is 8.18.